The Bertz CT molecular complexity index is 951. The number of amides is 3. The van der Waals surface area contributed by atoms with Gasteiger partial charge in [0.2, 0.25) is 5.82 Å². The Morgan fingerprint density at radius 3 is 2.00 bits per heavy atom. The van der Waals surface area contributed by atoms with Crippen LogP contribution in [0.25, 0.3) is 0 Å². The fourth-order valence-corrected chi connectivity index (χ4v) is 2.55. The molecule has 1 atom stereocenters. The van der Waals surface area contributed by atoms with Gasteiger partial charge in [0, 0.05) is 0 Å². The number of carbonyl (C=O) groups is 2. The third kappa shape index (κ3) is 2.82. The van der Waals surface area contributed by atoms with E-state index < -0.39 is 52.1 Å². The number of imide groups is 1. The lowest BCUT2D eigenvalue weighted by molar-refractivity contribution is -0.131. The minimum Gasteiger partial charge on any atom is -0.318 e. The molecule has 5 nitrogen and oxygen atoms in total. The van der Waals surface area contributed by atoms with Crippen molar-refractivity contribution in [2.45, 2.75) is 12.5 Å². The molecule has 27 heavy (non-hydrogen) atoms. The van der Waals surface area contributed by atoms with Gasteiger partial charge in [0.25, 0.3) is 5.91 Å². The average molecular weight is 383 g/mol. The minimum atomic E-state index is -2.33. The predicted octanol–water partition coefficient (Wildman–Crippen LogP) is 3.18. The van der Waals surface area contributed by atoms with Crippen molar-refractivity contribution in [3.63, 3.8) is 0 Å². The van der Waals surface area contributed by atoms with E-state index in [2.05, 4.69) is 10.4 Å². The van der Waals surface area contributed by atoms with Crippen LogP contribution in [0.3, 0.4) is 0 Å². The van der Waals surface area contributed by atoms with Crippen molar-refractivity contribution in [3.05, 3.63) is 70.5 Å². The summed E-state index contributed by atoms with van der Waals surface area (Å²) in [5.41, 5.74) is -2.47. The first-order valence-corrected chi connectivity index (χ1v) is 7.46. The summed E-state index contributed by atoms with van der Waals surface area (Å²) in [6, 6.07) is 7.05. The zero-order valence-electron chi connectivity index (χ0n) is 13.6. The molecule has 0 radical (unpaired) electrons. The topological polar surface area (TPSA) is 61.8 Å². The molecule has 1 saturated heterocycles. The van der Waals surface area contributed by atoms with Crippen LogP contribution in [0.2, 0.25) is 0 Å². The average Bonchev–Trinajstić information content (AvgIpc) is 2.89. The summed E-state index contributed by atoms with van der Waals surface area (Å²) in [6.07, 6.45) is 0.227. The van der Waals surface area contributed by atoms with Gasteiger partial charge in [0.1, 0.15) is 5.54 Å². The van der Waals surface area contributed by atoms with Crippen molar-refractivity contribution in [1.82, 2.24) is 10.3 Å². The normalized spacial score (nSPS) is 19.9. The van der Waals surface area contributed by atoms with Crippen LogP contribution in [0, 0.1) is 29.1 Å². The second-order valence-corrected chi connectivity index (χ2v) is 5.77. The quantitative estimate of drug-likeness (QED) is 0.291. The van der Waals surface area contributed by atoms with Gasteiger partial charge in [-0.3, -0.25) is 4.79 Å². The summed E-state index contributed by atoms with van der Waals surface area (Å²) in [5.74, 6) is -11.8. The molecule has 1 N–H and O–H groups in total. The summed E-state index contributed by atoms with van der Waals surface area (Å²) in [4.78, 5) is 24.6. The number of urea groups is 1. The molecule has 1 aliphatic heterocycles. The number of benzene rings is 2. The lowest BCUT2D eigenvalue weighted by Gasteiger charge is -2.20. The summed E-state index contributed by atoms with van der Waals surface area (Å²) in [7, 11) is 0. The number of hydrogen-bond acceptors (Lipinski definition) is 3. The van der Waals surface area contributed by atoms with Crippen molar-refractivity contribution in [2.75, 3.05) is 0 Å². The van der Waals surface area contributed by atoms with Crippen LogP contribution in [0.4, 0.5) is 26.7 Å². The van der Waals surface area contributed by atoms with Crippen molar-refractivity contribution >= 4 is 18.2 Å². The molecule has 2 aromatic rings. The van der Waals surface area contributed by atoms with E-state index in [0.29, 0.717) is 5.56 Å². The highest BCUT2D eigenvalue weighted by Gasteiger charge is 2.49. The molecule has 2 aromatic carbocycles. The van der Waals surface area contributed by atoms with E-state index in [9.17, 15) is 31.5 Å². The highest BCUT2D eigenvalue weighted by molar-refractivity contribution is 6.07. The number of rotatable bonds is 3. The van der Waals surface area contributed by atoms with Crippen LogP contribution in [0.1, 0.15) is 18.1 Å². The van der Waals surface area contributed by atoms with E-state index in [1.165, 1.54) is 6.92 Å². The summed E-state index contributed by atoms with van der Waals surface area (Å²) < 4.78 is 66.8. The Morgan fingerprint density at radius 1 is 0.926 bits per heavy atom. The molecule has 10 heteroatoms. The summed E-state index contributed by atoms with van der Waals surface area (Å²) in [5, 5.41) is 5.95. The van der Waals surface area contributed by atoms with Crippen LogP contribution in [-0.4, -0.2) is 23.2 Å². The van der Waals surface area contributed by atoms with E-state index in [0.717, 1.165) is 0 Å². The van der Waals surface area contributed by atoms with Crippen molar-refractivity contribution < 1.29 is 31.5 Å². The maximum Gasteiger partial charge on any atom is 0.346 e. The lowest BCUT2D eigenvalue weighted by Crippen LogP contribution is -2.40. The molecule has 0 spiro atoms. The number of hydrogen-bond donors (Lipinski definition) is 1. The smallest absolute Gasteiger partial charge is 0.318 e. The van der Waals surface area contributed by atoms with Gasteiger partial charge < -0.3 is 5.32 Å². The van der Waals surface area contributed by atoms with E-state index in [-0.39, 0.29) is 11.2 Å². The summed E-state index contributed by atoms with van der Waals surface area (Å²) >= 11 is 0. The zero-order chi connectivity index (χ0) is 19.9. The third-order valence-corrected chi connectivity index (χ3v) is 4.07. The van der Waals surface area contributed by atoms with Gasteiger partial charge >= 0.3 is 6.03 Å². The highest BCUT2D eigenvalue weighted by Crippen LogP contribution is 2.29. The van der Waals surface area contributed by atoms with E-state index >= 15 is 0 Å². The molecule has 3 rings (SSSR count). The van der Waals surface area contributed by atoms with Crippen LogP contribution in [0.5, 0.6) is 0 Å². The Balaban J connectivity index is 1.98. The predicted molar refractivity (Wildman–Crippen MR) is 83.0 cm³/mol. The van der Waals surface area contributed by atoms with Crippen LogP contribution in [-0.2, 0) is 10.3 Å². The second-order valence-electron chi connectivity index (χ2n) is 5.77. The van der Waals surface area contributed by atoms with Gasteiger partial charge in [-0.25, -0.2) is 26.7 Å². The Morgan fingerprint density at radius 2 is 1.44 bits per heavy atom. The number of carbonyl (C=O) groups excluding carboxylic acids is 2. The van der Waals surface area contributed by atoms with E-state index in [4.69, 9.17) is 0 Å². The Labute approximate surface area is 149 Å². The number of hydrazone groups is 1. The molecule has 1 heterocycles. The van der Waals surface area contributed by atoms with Gasteiger partial charge in [0.15, 0.2) is 23.3 Å². The Hall–Kier alpha value is -3.30. The minimum absolute atomic E-state index is 0.227. The first kappa shape index (κ1) is 18.5. The molecular weight excluding hydrogens is 373 g/mol. The molecule has 0 bridgehead atoms. The molecule has 0 unspecified atom stereocenters. The standard InChI is InChI=1S/C17H10F5N3O2/c1-17(8-5-3-2-4-6-8)15(26)25(16(27)24-17)23-7-9-10(18)12(20)14(22)13(21)11(9)19/h2-7H,1H3,(H,24,27)/t17-/m1/s1. The van der Waals surface area contributed by atoms with Crippen molar-refractivity contribution in [2.24, 2.45) is 5.10 Å². The molecule has 0 aliphatic carbocycles. The number of nitrogens with zero attached hydrogens (tertiary/aromatic N) is 2. The first-order chi connectivity index (χ1) is 12.7. The van der Waals surface area contributed by atoms with Gasteiger partial charge in [-0.05, 0) is 12.5 Å². The molecule has 1 fully saturated rings. The van der Waals surface area contributed by atoms with Gasteiger partial charge in [0.05, 0.1) is 11.8 Å². The van der Waals surface area contributed by atoms with Gasteiger partial charge in [-0.2, -0.15) is 5.10 Å². The molecule has 3 amide bonds. The van der Waals surface area contributed by atoms with Crippen LogP contribution < -0.4 is 5.32 Å². The maximum atomic E-state index is 13.7. The molecule has 0 saturated carbocycles. The van der Waals surface area contributed by atoms with Gasteiger partial charge in [-0.1, -0.05) is 30.3 Å². The second kappa shape index (κ2) is 6.45. The first-order valence-electron chi connectivity index (χ1n) is 7.46. The van der Waals surface area contributed by atoms with Gasteiger partial charge in [-0.15, -0.1) is 5.01 Å². The molecule has 0 aromatic heterocycles. The Kier molecular flexibility index (Phi) is 4.42. The highest BCUT2D eigenvalue weighted by atomic mass is 19.2. The largest absolute Gasteiger partial charge is 0.346 e. The van der Waals surface area contributed by atoms with Crippen LogP contribution >= 0.6 is 0 Å². The summed E-state index contributed by atoms with van der Waals surface area (Å²) in [6.45, 7) is 1.39. The molecule has 1 aliphatic rings. The number of halogens is 5. The zero-order valence-corrected chi connectivity index (χ0v) is 13.6. The van der Waals surface area contributed by atoms with Crippen LogP contribution in [0.15, 0.2) is 35.4 Å². The SMILES string of the molecule is C[C@]1(c2ccccc2)NC(=O)N(N=Cc2c(F)c(F)c(F)c(F)c2F)C1=O. The van der Waals surface area contributed by atoms with E-state index in [1.807, 2.05) is 0 Å². The fourth-order valence-electron chi connectivity index (χ4n) is 2.55. The fraction of sp³-hybridized carbons (Fsp3) is 0.118. The van der Waals surface area contributed by atoms with Crippen molar-refractivity contribution in [1.29, 1.82) is 0 Å². The maximum absolute atomic E-state index is 13.7. The number of nitrogens with one attached hydrogen (secondary N) is 1. The van der Waals surface area contributed by atoms with E-state index in [1.54, 1.807) is 30.3 Å². The molecular formula is C17H10F5N3O2. The molecule has 140 valence electrons. The van der Waals surface area contributed by atoms with Crippen molar-refractivity contribution in [3.8, 4) is 0 Å². The third-order valence-electron chi connectivity index (χ3n) is 4.07. The lowest BCUT2D eigenvalue weighted by atomic mass is 9.92. The monoisotopic (exact) mass is 383 g/mol.